The van der Waals surface area contributed by atoms with Gasteiger partial charge in [0.25, 0.3) is 0 Å². The van der Waals surface area contributed by atoms with E-state index < -0.39 is 0 Å². The van der Waals surface area contributed by atoms with Crippen LogP contribution in [-0.4, -0.2) is 12.3 Å². The van der Waals surface area contributed by atoms with Gasteiger partial charge in [-0.15, -0.1) is 8.58 Å². The number of rotatable bonds is 0. The Labute approximate surface area is 40.4 Å². The van der Waals surface area contributed by atoms with Gasteiger partial charge in [-0.1, -0.05) is 12.2 Å². The molecular formula is C5H9P. The first-order valence-corrected chi connectivity index (χ1v) is 3.77. The second kappa shape index (κ2) is 2.36. The average molecular weight is 100 g/mol. The van der Waals surface area contributed by atoms with Crippen molar-refractivity contribution < 1.29 is 0 Å². The first kappa shape index (κ1) is 4.33. The third-order valence-corrected chi connectivity index (χ3v) is 2.08. The monoisotopic (exact) mass is 100 g/mol. The van der Waals surface area contributed by atoms with E-state index in [0.29, 0.717) is 0 Å². The Morgan fingerprint density at radius 3 is 2.50 bits per heavy atom. The largest absolute Gasteiger partial charge is 0.118 e. The van der Waals surface area contributed by atoms with Gasteiger partial charge in [-0.2, -0.15) is 0 Å². The van der Waals surface area contributed by atoms with Crippen molar-refractivity contribution in [3.8, 4) is 0 Å². The molecule has 1 aliphatic rings. The van der Waals surface area contributed by atoms with Gasteiger partial charge < -0.3 is 0 Å². The van der Waals surface area contributed by atoms with Crippen molar-refractivity contribution in [2.75, 3.05) is 12.3 Å². The van der Waals surface area contributed by atoms with E-state index in [-0.39, 0.29) is 0 Å². The maximum absolute atomic E-state index is 2.28. The fourth-order valence-corrected chi connectivity index (χ4v) is 1.48. The van der Waals surface area contributed by atoms with Gasteiger partial charge in [-0.25, -0.2) is 0 Å². The molecule has 1 heteroatoms. The summed E-state index contributed by atoms with van der Waals surface area (Å²) in [7, 11) is 1.21. The molecule has 0 amide bonds. The first-order valence-electron chi connectivity index (χ1n) is 2.36. The Balaban J connectivity index is 2.26. The van der Waals surface area contributed by atoms with Gasteiger partial charge in [0.05, 0.1) is 0 Å². The second-order valence-corrected chi connectivity index (χ2v) is 2.87. The number of allylic oxidation sites excluding steroid dienone is 2. The molecule has 0 N–H and O–H groups in total. The molecule has 1 unspecified atom stereocenters. The van der Waals surface area contributed by atoms with Crippen molar-refractivity contribution in [1.29, 1.82) is 0 Å². The fraction of sp³-hybridized carbons (Fsp3) is 0.600. The highest BCUT2D eigenvalue weighted by molar-refractivity contribution is 7.38. The van der Waals surface area contributed by atoms with Gasteiger partial charge in [-0.05, 0) is 18.7 Å². The third kappa shape index (κ3) is 1.10. The van der Waals surface area contributed by atoms with E-state index >= 15 is 0 Å². The normalized spacial score (nSPS) is 25.3. The highest BCUT2D eigenvalue weighted by Crippen LogP contribution is 2.15. The Hall–Kier alpha value is 0.170. The zero-order valence-corrected chi connectivity index (χ0v) is 4.78. The summed E-state index contributed by atoms with van der Waals surface area (Å²) in [6.07, 6.45) is 8.67. The lowest BCUT2D eigenvalue weighted by molar-refractivity contribution is 1.21. The van der Waals surface area contributed by atoms with Crippen molar-refractivity contribution in [3.63, 3.8) is 0 Å². The standard InChI is InChI=1S/C5H9P/c1-2-4-6-5-3-1/h1-2,6H,3-5H2. The first-order chi connectivity index (χ1) is 3.00. The van der Waals surface area contributed by atoms with Crippen LogP contribution in [0.2, 0.25) is 0 Å². The minimum Gasteiger partial charge on any atom is -0.118 e. The topological polar surface area (TPSA) is 0 Å². The van der Waals surface area contributed by atoms with Crippen molar-refractivity contribution in [3.05, 3.63) is 12.2 Å². The van der Waals surface area contributed by atoms with Gasteiger partial charge >= 0.3 is 0 Å². The maximum Gasteiger partial charge on any atom is -0.0172 e. The third-order valence-electron chi connectivity index (χ3n) is 0.917. The van der Waals surface area contributed by atoms with Crippen LogP contribution in [0.15, 0.2) is 12.2 Å². The Bertz CT molecular complexity index is 49.0. The molecule has 0 radical (unpaired) electrons. The average Bonchev–Trinajstić information content (AvgIpc) is 1.72. The van der Waals surface area contributed by atoms with E-state index in [4.69, 9.17) is 0 Å². The number of hydrogen-bond acceptors (Lipinski definition) is 0. The van der Waals surface area contributed by atoms with Crippen LogP contribution in [0.5, 0.6) is 0 Å². The molecule has 0 spiro atoms. The molecule has 6 heavy (non-hydrogen) atoms. The van der Waals surface area contributed by atoms with Crippen LogP contribution in [0, 0.1) is 0 Å². The summed E-state index contributed by atoms with van der Waals surface area (Å²) in [5.41, 5.74) is 0. The highest BCUT2D eigenvalue weighted by Gasteiger charge is 1.86. The van der Waals surface area contributed by atoms with Gasteiger partial charge in [0, 0.05) is 0 Å². The summed E-state index contributed by atoms with van der Waals surface area (Å²) in [6.45, 7) is 0. The molecule has 0 bridgehead atoms. The van der Waals surface area contributed by atoms with E-state index in [2.05, 4.69) is 12.2 Å². The molecule has 0 saturated heterocycles. The van der Waals surface area contributed by atoms with Crippen LogP contribution in [0.1, 0.15) is 6.42 Å². The predicted octanol–water partition coefficient (Wildman–Crippen LogP) is 1.62. The van der Waals surface area contributed by atoms with Crippen molar-refractivity contribution in [2.24, 2.45) is 0 Å². The molecule has 0 aromatic heterocycles. The van der Waals surface area contributed by atoms with Crippen molar-refractivity contribution >= 4 is 8.58 Å². The van der Waals surface area contributed by atoms with E-state index in [9.17, 15) is 0 Å². The van der Waals surface area contributed by atoms with Crippen LogP contribution < -0.4 is 0 Å². The Kier molecular flexibility index (Phi) is 1.71. The van der Waals surface area contributed by atoms with Crippen LogP contribution >= 0.6 is 8.58 Å². The van der Waals surface area contributed by atoms with Crippen LogP contribution in [0.25, 0.3) is 0 Å². The second-order valence-electron chi connectivity index (χ2n) is 1.46. The van der Waals surface area contributed by atoms with E-state index in [0.717, 1.165) is 0 Å². The van der Waals surface area contributed by atoms with Gasteiger partial charge in [-0.3, -0.25) is 0 Å². The molecule has 1 rings (SSSR count). The van der Waals surface area contributed by atoms with Gasteiger partial charge in [0.2, 0.25) is 0 Å². The molecule has 1 aliphatic heterocycles. The Morgan fingerprint density at radius 1 is 1.33 bits per heavy atom. The molecular weight excluding hydrogens is 91.0 g/mol. The lowest BCUT2D eigenvalue weighted by atomic mass is 10.4. The van der Waals surface area contributed by atoms with Crippen molar-refractivity contribution in [1.82, 2.24) is 0 Å². The summed E-state index contributed by atoms with van der Waals surface area (Å²) >= 11 is 0. The smallest absolute Gasteiger partial charge is 0.0172 e. The van der Waals surface area contributed by atoms with Crippen molar-refractivity contribution in [2.45, 2.75) is 6.42 Å². The molecule has 0 saturated carbocycles. The summed E-state index contributed by atoms with van der Waals surface area (Å²) < 4.78 is 0. The van der Waals surface area contributed by atoms with E-state index in [1.807, 2.05) is 0 Å². The Morgan fingerprint density at radius 2 is 2.33 bits per heavy atom. The van der Waals surface area contributed by atoms with Crippen LogP contribution in [-0.2, 0) is 0 Å². The molecule has 34 valence electrons. The molecule has 0 fully saturated rings. The fourth-order valence-electron chi connectivity index (χ4n) is 0.572. The van der Waals surface area contributed by atoms with Crippen LogP contribution in [0.4, 0.5) is 0 Å². The molecule has 0 nitrogen and oxygen atoms in total. The summed E-state index contributed by atoms with van der Waals surface area (Å²) in [5.74, 6) is 0. The zero-order chi connectivity index (χ0) is 4.24. The van der Waals surface area contributed by atoms with E-state index in [1.165, 1.54) is 27.3 Å². The molecule has 0 aromatic carbocycles. The molecule has 1 heterocycles. The lowest BCUT2D eigenvalue weighted by Crippen LogP contribution is -1.80. The van der Waals surface area contributed by atoms with Gasteiger partial charge in [0.1, 0.15) is 0 Å². The molecule has 0 aliphatic carbocycles. The zero-order valence-electron chi connectivity index (χ0n) is 3.78. The predicted molar refractivity (Wildman–Crippen MR) is 31.8 cm³/mol. The minimum atomic E-state index is 1.21. The summed E-state index contributed by atoms with van der Waals surface area (Å²) in [5, 5.41) is 0. The maximum atomic E-state index is 2.28. The summed E-state index contributed by atoms with van der Waals surface area (Å²) in [4.78, 5) is 0. The minimum absolute atomic E-state index is 1.21. The lowest BCUT2D eigenvalue weighted by Gasteiger charge is -1.98. The molecule has 0 aromatic rings. The van der Waals surface area contributed by atoms with E-state index in [1.54, 1.807) is 0 Å². The number of hydrogen-bond donors (Lipinski definition) is 0. The summed E-state index contributed by atoms with van der Waals surface area (Å²) in [6, 6.07) is 0. The SMILES string of the molecule is C1=CCPCC1. The van der Waals surface area contributed by atoms with Crippen LogP contribution in [0.3, 0.4) is 0 Å². The highest BCUT2D eigenvalue weighted by atomic mass is 31.1. The van der Waals surface area contributed by atoms with Gasteiger partial charge in [0.15, 0.2) is 0 Å². The quantitative estimate of drug-likeness (QED) is 0.320. The molecule has 1 atom stereocenters.